The normalized spacial score (nSPS) is 19.0. The van der Waals surface area contributed by atoms with Crippen LogP contribution >= 0.6 is 0 Å². The molecule has 0 amide bonds. The first-order chi connectivity index (χ1) is 10.1. The minimum absolute atomic E-state index is 0.199. The molecule has 116 valence electrons. The van der Waals surface area contributed by atoms with E-state index in [9.17, 15) is 9.18 Å². The van der Waals surface area contributed by atoms with Crippen molar-refractivity contribution in [3.05, 3.63) is 35.6 Å². The van der Waals surface area contributed by atoms with Crippen molar-refractivity contribution in [3.8, 4) is 0 Å². The minimum Gasteiger partial charge on any atom is -0.466 e. The van der Waals surface area contributed by atoms with Gasteiger partial charge in [0.2, 0.25) is 0 Å². The molecule has 1 saturated heterocycles. The summed E-state index contributed by atoms with van der Waals surface area (Å²) in [5, 5.41) is 0. The Kier molecular flexibility index (Phi) is 5.34. The molecule has 2 rings (SSSR count). The van der Waals surface area contributed by atoms with Gasteiger partial charge in [-0.3, -0.25) is 9.69 Å². The zero-order valence-electron chi connectivity index (χ0n) is 12.9. The second kappa shape index (κ2) is 7.03. The molecule has 21 heavy (non-hydrogen) atoms. The first-order valence-electron chi connectivity index (χ1n) is 7.73. The monoisotopic (exact) mass is 293 g/mol. The zero-order chi connectivity index (χ0) is 15.3. The predicted octanol–water partition coefficient (Wildman–Crippen LogP) is 3.48. The SMILES string of the molecule is CCOC(=O)CC(C)(c1ccc(F)cc1)N1CCCCC1. The lowest BCUT2D eigenvalue weighted by molar-refractivity contribution is -0.146. The van der Waals surface area contributed by atoms with Crippen LogP contribution in [0.25, 0.3) is 0 Å². The van der Waals surface area contributed by atoms with Crippen molar-refractivity contribution in [3.63, 3.8) is 0 Å². The molecule has 0 radical (unpaired) electrons. The molecular weight excluding hydrogens is 269 g/mol. The van der Waals surface area contributed by atoms with Gasteiger partial charge in [0.05, 0.1) is 18.6 Å². The van der Waals surface area contributed by atoms with Crippen LogP contribution in [0.4, 0.5) is 4.39 Å². The van der Waals surface area contributed by atoms with Gasteiger partial charge in [0.25, 0.3) is 0 Å². The molecule has 0 spiro atoms. The highest BCUT2D eigenvalue weighted by molar-refractivity contribution is 5.71. The molecule has 1 fully saturated rings. The summed E-state index contributed by atoms with van der Waals surface area (Å²) in [6.07, 6.45) is 3.81. The fourth-order valence-corrected chi connectivity index (χ4v) is 3.09. The fraction of sp³-hybridized carbons (Fsp3) is 0.588. The molecule has 1 atom stereocenters. The number of hydrogen-bond acceptors (Lipinski definition) is 3. The summed E-state index contributed by atoms with van der Waals surface area (Å²) in [5.41, 5.74) is 0.541. The number of piperidine rings is 1. The quantitative estimate of drug-likeness (QED) is 0.778. The zero-order valence-corrected chi connectivity index (χ0v) is 12.9. The molecule has 4 heteroatoms. The van der Waals surface area contributed by atoms with Gasteiger partial charge in [-0.05, 0) is 57.5 Å². The summed E-state index contributed by atoms with van der Waals surface area (Å²) in [7, 11) is 0. The molecule has 1 aromatic carbocycles. The van der Waals surface area contributed by atoms with Gasteiger partial charge < -0.3 is 4.74 Å². The Morgan fingerprint density at radius 3 is 2.43 bits per heavy atom. The van der Waals surface area contributed by atoms with Crippen molar-refractivity contribution in [2.24, 2.45) is 0 Å². The lowest BCUT2D eigenvalue weighted by Gasteiger charge is -2.43. The number of ether oxygens (including phenoxy) is 1. The van der Waals surface area contributed by atoms with E-state index in [4.69, 9.17) is 4.74 Å². The van der Waals surface area contributed by atoms with Gasteiger partial charge in [0, 0.05) is 0 Å². The lowest BCUT2D eigenvalue weighted by Crippen LogP contribution is -2.48. The van der Waals surface area contributed by atoms with Crippen LogP contribution in [-0.4, -0.2) is 30.6 Å². The summed E-state index contributed by atoms with van der Waals surface area (Å²) in [4.78, 5) is 14.4. The van der Waals surface area contributed by atoms with Gasteiger partial charge >= 0.3 is 5.97 Å². The maximum atomic E-state index is 13.2. The first-order valence-corrected chi connectivity index (χ1v) is 7.73. The number of carbonyl (C=O) groups excluding carboxylic acids is 1. The van der Waals surface area contributed by atoms with Crippen LogP contribution in [0.2, 0.25) is 0 Å². The van der Waals surface area contributed by atoms with E-state index in [-0.39, 0.29) is 11.8 Å². The smallest absolute Gasteiger partial charge is 0.307 e. The molecule has 1 aliphatic rings. The summed E-state index contributed by atoms with van der Waals surface area (Å²) in [6.45, 7) is 6.19. The van der Waals surface area contributed by atoms with E-state index in [1.54, 1.807) is 12.1 Å². The number of hydrogen-bond donors (Lipinski definition) is 0. The number of benzene rings is 1. The third-order valence-corrected chi connectivity index (χ3v) is 4.31. The average Bonchev–Trinajstić information content (AvgIpc) is 2.49. The number of nitrogens with zero attached hydrogens (tertiary/aromatic N) is 1. The molecule has 0 aliphatic carbocycles. The van der Waals surface area contributed by atoms with Crippen LogP contribution in [0.15, 0.2) is 24.3 Å². The van der Waals surface area contributed by atoms with E-state index >= 15 is 0 Å². The Labute approximate surface area is 126 Å². The molecule has 1 aliphatic heterocycles. The average molecular weight is 293 g/mol. The van der Waals surface area contributed by atoms with Gasteiger partial charge in [-0.15, -0.1) is 0 Å². The number of carbonyl (C=O) groups is 1. The minimum atomic E-state index is -0.430. The maximum absolute atomic E-state index is 13.2. The summed E-state index contributed by atoms with van der Waals surface area (Å²) in [6, 6.07) is 6.48. The maximum Gasteiger partial charge on any atom is 0.307 e. The number of halogens is 1. The van der Waals surface area contributed by atoms with Crippen LogP contribution in [-0.2, 0) is 15.1 Å². The molecule has 3 nitrogen and oxygen atoms in total. The van der Waals surface area contributed by atoms with Crippen molar-refractivity contribution < 1.29 is 13.9 Å². The molecular formula is C17H24FNO2. The Hall–Kier alpha value is -1.42. The summed E-state index contributed by atoms with van der Waals surface area (Å²) < 4.78 is 18.3. The predicted molar refractivity (Wildman–Crippen MR) is 80.4 cm³/mol. The van der Waals surface area contributed by atoms with E-state index in [0.29, 0.717) is 13.0 Å². The van der Waals surface area contributed by atoms with Gasteiger partial charge in [0.1, 0.15) is 5.82 Å². The summed E-state index contributed by atoms with van der Waals surface area (Å²) >= 11 is 0. The Morgan fingerprint density at radius 1 is 1.24 bits per heavy atom. The van der Waals surface area contributed by atoms with Gasteiger partial charge in [-0.25, -0.2) is 4.39 Å². The fourth-order valence-electron chi connectivity index (χ4n) is 3.09. The lowest BCUT2D eigenvalue weighted by atomic mass is 9.85. The van der Waals surface area contributed by atoms with Crippen LogP contribution < -0.4 is 0 Å². The highest BCUT2D eigenvalue weighted by atomic mass is 19.1. The van der Waals surface area contributed by atoms with Gasteiger partial charge in [-0.2, -0.15) is 0 Å². The molecule has 1 unspecified atom stereocenters. The van der Waals surface area contributed by atoms with E-state index in [2.05, 4.69) is 11.8 Å². The largest absolute Gasteiger partial charge is 0.466 e. The van der Waals surface area contributed by atoms with Crippen LogP contribution in [0.3, 0.4) is 0 Å². The van der Waals surface area contributed by atoms with Crippen LogP contribution in [0, 0.1) is 5.82 Å². The van der Waals surface area contributed by atoms with E-state index < -0.39 is 5.54 Å². The van der Waals surface area contributed by atoms with Crippen molar-refractivity contribution >= 4 is 5.97 Å². The molecule has 1 aromatic rings. The number of esters is 1. The number of rotatable bonds is 5. The Bertz CT molecular complexity index is 468. The molecule has 0 saturated carbocycles. The summed E-state index contributed by atoms with van der Waals surface area (Å²) in [5.74, 6) is -0.453. The highest BCUT2D eigenvalue weighted by Crippen LogP contribution is 2.34. The topological polar surface area (TPSA) is 29.5 Å². The Balaban J connectivity index is 2.27. The second-order valence-corrected chi connectivity index (χ2v) is 5.81. The van der Waals surface area contributed by atoms with E-state index in [1.165, 1.54) is 18.6 Å². The molecule has 1 heterocycles. The van der Waals surface area contributed by atoms with Crippen molar-refractivity contribution in [1.82, 2.24) is 4.90 Å². The first kappa shape index (κ1) is 16.0. The molecule has 0 bridgehead atoms. The Morgan fingerprint density at radius 2 is 1.86 bits per heavy atom. The molecule has 0 N–H and O–H groups in total. The third-order valence-electron chi connectivity index (χ3n) is 4.31. The number of likely N-dealkylation sites (tertiary alicyclic amines) is 1. The standard InChI is InChI=1S/C17H24FNO2/c1-3-21-16(20)13-17(2,19-11-5-4-6-12-19)14-7-9-15(18)10-8-14/h7-10H,3-6,11-13H2,1-2H3. The second-order valence-electron chi connectivity index (χ2n) is 5.81. The van der Waals surface area contributed by atoms with Crippen molar-refractivity contribution in [2.45, 2.75) is 45.1 Å². The van der Waals surface area contributed by atoms with Crippen molar-refractivity contribution in [2.75, 3.05) is 19.7 Å². The van der Waals surface area contributed by atoms with Crippen LogP contribution in [0.5, 0.6) is 0 Å². The third kappa shape index (κ3) is 3.82. The molecule has 0 aromatic heterocycles. The van der Waals surface area contributed by atoms with E-state index in [0.717, 1.165) is 31.5 Å². The van der Waals surface area contributed by atoms with Gasteiger partial charge in [-0.1, -0.05) is 18.6 Å². The van der Waals surface area contributed by atoms with Crippen molar-refractivity contribution in [1.29, 1.82) is 0 Å². The van der Waals surface area contributed by atoms with Gasteiger partial charge in [0.15, 0.2) is 0 Å². The highest BCUT2D eigenvalue weighted by Gasteiger charge is 2.37. The van der Waals surface area contributed by atoms with Crippen LogP contribution in [0.1, 0.15) is 45.1 Å². The van der Waals surface area contributed by atoms with E-state index in [1.807, 2.05) is 6.92 Å².